The minimum Gasteiger partial charge on any atom is -0.456 e. The van der Waals surface area contributed by atoms with Gasteiger partial charge in [0.05, 0.1) is 26.5 Å². The summed E-state index contributed by atoms with van der Waals surface area (Å²) in [5.74, 6) is -2.16. The lowest BCUT2D eigenvalue weighted by molar-refractivity contribution is 0.204. The predicted molar refractivity (Wildman–Crippen MR) is 76.5 cm³/mol. The van der Waals surface area contributed by atoms with Crippen LogP contribution in [0.3, 0.4) is 0 Å². The highest BCUT2D eigenvalue weighted by atomic mass is 32.2. The summed E-state index contributed by atoms with van der Waals surface area (Å²) in [4.78, 5) is 0.0827. The molecule has 2 unspecified atom stereocenters. The number of ether oxygens (including phenoxy) is 1. The standard InChI is InChI=1S/C15H10F2N2O3S/c16-8-3-9(17)5-10(4-8)22-13-1-2-14-15(11(13)6-18)12(20)7-23(14,19)21/h1-5,12,19-20H,7H2. The van der Waals surface area contributed by atoms with E-state index in [2.05, 4.69) is 0 Å². The highest BCUT2D eigenvalue weighted by Gasteiger charge is 2.34. The molecule has 1 heterocycles. The van der Waals surface area contributed by atoms with Crippen molar-refractivity contribution in [3.05, 3.63) is 53.1 Å². The van der Waals surface area contributed by atoms with Crippen molar-refractivity contribution in [1.82, 2.24) is 0 Å². The summed E-state index contributed by atoms with van der Waals surface area (Å²) in [6, 6.07) is 7.03. The molecule has 0 fully saturated rings. The second kappa shape index (κ2) is 5.30. The maximum atomic E-state index is 13.2. The van der Waals surface area contributed by atoms with Crippen LogP contribution in [0.25, 0.3) is 0 Å². The third-order valence-corrected chi connectivity index (χ3v) is 5.28. The molecule has 0 aliphatic carbocycles. The highest BCUT2D eigenvalue weighted by Crippen LogP contribution is 2.40. The highest BCUT2D eigenvalue weighted by molar-refractivity contribution is 7.92. The Hall–Kier alpha value is -2.50. The molecule has 0 saturated heterocycles. The van der Waals surface area contributed by atoms with Gasteiger partial charge in [-0.25, -0.2) is 17.8 Å². The Balaban J connectivity index is 2.12. The lowest BCUT2D eigenvalue weighted by atomic mass is 10.0. The van der Waals surface area contributed by atoms with Gasteiger partial charge in [0.15, 0.2) is 0 Å². The van der Waals surface area contributed by atoms with Gasteiger partial charge in [-0.15, -0.1) is 0 Å². The van der Waals surface area contributed by atoms with E-state index in [0.29, 0.717) is 6.07 Å². The van der Waals surface area contributed by atoms with Gasteiger partial charge in [-0.2, -0.15) is 5.26 Å². The summed E-state index contributed by atoms with van der Waals surface area (Å²) < 4.78 is 51.6. The van der Waals surface area contributed by atoms with Gasteiger partial charge >= 0.3 is 0 Å². The first kappa shape index (κ1) is 15.4. The molecule has 118 valence electrons. The van der Waals surface area contributed by atoms with Gasteiger partial charge in [0.1, 0.15) is 34.8 Å². The molecule has 2 atom stereocenters. The molecule has 0 radical (unpaired) electrons. The van der Waals surface area contributed by atoms with E-state index in [1.165, 1.54) is 12.1 Å². The van der Waals surface area contributed by atoms with E-state index in [4.69, 9.17) is 9.52 Å². The summed E-state index contributed by atoms with van der Waals surface area (Å²) >= 11 is 0. The molecule has 3 rings (SSSR count). The van der Waals surface area contributed by atoms with Crippen molar-refractivity contribution in [1.29, 1.82) is 10.0 Å². The van der Waals surface area contributed by atoms with Gasteiger partial charge in [-0.1, -0.05) is 0 Å². The average Bonchev–Trinajstić information content (AvgIpc) is 2.67. The van der Waals surface area contributed by atoms with E-state index < -0.39 is 27.5 Å². The maximum Gasteiger partial charge on any atom is 0.145 e. The molecule has 2 N–H and O–H groups in total. The van der Waals surface area contributed by atoms with Crippen LogP contribution in [0.1, 0.15) is 17.2 Å². The first-order chi connectivity index (χ1) is 10.8. The second-order valence-electron chi connectivity index (χ2n) is 5.03. The minimum atomic E-state index is -3.17. The fraction of sp³-hybridized carbons (Fsp3) is 0.133. The van der Waals surface area contributed by atoms with Gasteiger partial charge in [-0.3, -0.25) is 0 Å². The van der Waals surface area contributed by atoms with E-state index >= 15 is 0 Å². The van der Waals surface area contributed by atoms with Crippen LogP contribution in [0.4, 0.5) is 8.78 Å². The summed E-state index contributed by atoms with van der Waals surface area (Å²) in [6.07, 6.45) is -1.22. The molecule has 1 aliphatic heterocycles. The summed E-state index contributed by atoms with van der Waals surface area (Å²) in [7, 11) is -3.17. The molecule has 0 aromatic heterocycles. The molecule has 0 spiro atoms. The number of nitriles is 1. The zero-order chi connectivity index (χ0) is 16.8. The second-order valence-corrected chi connectivity index (χ2v) is 7.15. The lowest BCUT2D eigenvalue weighted by Crippen LogP contribution is -2.01. The average molecular weight is 336 g/mol. The number of aliphatic hydroxyl groups is 1. The number of hydrogen-bond donors (Lipinski definition) is 2. The van der Waals surface area contributed by atoms with Crippen molar-refractivity contribution < 1.29 is 22.8 Å². The van der Waals surface area contributed by atoms with E-state index in [-0.39, 0.29) is 33.3 Å². The molecule has 0 bridgehead atoms. The maximum absolute atomic E-state index is 13.2. The van der Waals surface area contributed by atoms with Gasteiger partial charge in [0.2, 0.25) is 0 Å². The van der Waals surface area contributed by atoms with Crippen LogP contribution >= 0.6 is 0 Å². The van der Waals surface area contributed by atoms with Crippen LogP contribution < -0.4 is 4.74 Å². The Morgan fingerprint density at radius 3 is 2.57 bits per heavy atom. The lowest BCUT2D eigenvalue weighted by Gasteiger charge is -2.12. The monoisotopic (exact) mass is 336 g/mol. The van der Waals surface area contributed by atoms with Crippen LogP contribution in [0.2, 0.25) is 0 Å². The van der Waals surface area contributed by atoms with E-state index in [1.807, 2.05) is 6.07 Å². The topological polar surface area (TPSA) is 94.2 Å². The van der Waals surface area contributed by atoms with Crippen LogP contribution in [-0.4, -0.2) is 15.1 Å². The molecule has 5 nitrogen and oxygen atoms in total. The minimum absolute atomic E-state index is 0.0348. The van der Waals surface area contributed by atoms with Crippen LogP contribution in [-0.2, 0) is 9.73 Å². The predicted octanol–water partition coefficient (Wildman–Crippen LogP) is 3.08. The number of halogens is 2. The first-order valence-electron chi connectivity index (χ1n) is 6.47. The third kappa shape index (κ3) is 2.65. The summed E-state index contributed by atoms with van der Waals surface area (Å²) in [5.41, 5.74) is -0.0287. The number of aliphatic hydroxyl groups excluding tert-OH is 1. The largest absolute Gasteiger partial charge is 0.456 e. The number of fused-ring (bicyclic) bond motifs is 1. The van der Waals surface area contributed by atoms with Crippen molar-refractivity contribution in [3.8, 4) is 17.6 Å². The van der Waals surface area contributed by atoms with Crippen LogP contribution in [0, 0.1) is 27.7 Å². The van der Waals surface area contributed by atoms with Crippen molar-refractivity contribution in [3.63, 3.8) is 0 Å². The zero-order valence-electron chi connectivity index (χ0n) is 11.5. The van der Waals surface area contributed by atoms with Gasteiger partial charge in [0.25, 0.3) is 0 Å². The Kier molecular flexibility index (Phi) is 3.55. The van der Waals surface area contributed by atoms with Gasteiger partial charge in [-0.05, 0) is 12.1 Å². The first-order valence-corrected chi connectivity index (χ1v) is 8.20. The number of hydrogen-bond acceptors (Lipinski definition) is 5. The fourth-order valence-electron chi connectivity index (χ4n) is 2.51. The Bertz CT molecular complexity index is 932. The molecule has 23 heavy (non-hydrogen) atoms. The van der Waals surface area contributed by atoms with Crippen molar-refractivity contribution in [2.24, 2.45) is 0 Å². The van der Waals surface area contributed by atoms with Crippen LogP contribution in [0.5, 0.6) is 11.5 Å². The van der Waals surface area contributed by atoms with Crippen molar-refractivity contribution in [2.45, 2.75) is 11.0 Å². The van der Waals surface area contributed by atoms with Crippen molar-refractivity contribution in [2.75, 3.05) is 5.75 Å². The van der Waals surface area contributed by atoms with Gasteiger partial charge < -0.3 is 9.84 Å². The van der Waals surface area contributed by atoms with Crippen molar-refractivity contribution >= 4 is 9.73 Å². The Morgan fingerprint density at radius 1 is 1.30 bits per heavy atom. The third-order valence-electron chi connectivity index (χ3n) is 3.42. The number of benzene rings is 2. The number of rotatable bonds is 2. The molecule has 8 heteroatoms. The zero-order valence-corrected chi connectivity index (χ0v) is 12.4. The fourth-order valence-corrected chi connectivity index (χ4v) is 4.18. The number of nitrogens with one attached hydrogen (secondary N) is 1. The normalized spacial score (nSPS) is 22.4. The van der Waals surface area contributed by atoms with Crippen LogP contribution in [0.15, 0.2) is 35.2 Å². The van der Waals surface area contributed by atoms with E-state index in [1.54, 1.807) is 0 Å². The molecule has 0 saturated carbocycles. The molecular weight excluding hydrogens is 326 g/mol. The quantitative estimate of drug-likeness (QED) is 0.881. The smallest absolute Gasteiger partial charge is 0.145 e. The molecular formula is C15H10F2N2O3S. The summed E-state index contributed by atoms with van der Waals surface area (Å²) in [6.45, 7) is 0. The van der Waals surface area contributed by atoms with E-state index in [0.717, 1.165) is 12.1 Å². The number of nitrogens with zero attached hydrogens (tertiary/aromatic N) is 1. The molecule has 2 aromatic rings. The summed E-state index contributed by atoms with van der Waals surface area (Å²) in [5, 5.41) is 19.3. The Labute approximate surface area is 130 Å². The van der Waals surface area contributed by atoms with E-state index in [9.17, 15) is 23.4 Å². The SMILES string of the molecule is N#Cc1c(Oc2cc(F)cc(F)c2)ccc2c1C(O)CS2(=N)=O. The molecule has 1 aliphatic rings. The molecule has 0 amide bonds. The molecule has 2 aromatic carbocycles. The van der Waals surface area contributed by atoms with Gasteiger partial charge in [0, 0.05) is 23.8 Å². The Morgan fingerprint density at radius 2 is 1.96 bits per heavy atom.